The summed E-state index contributed by atoms with van der Waals surface area (Å²) in [5, 5.41) is 13.8. The van der Waals surface area contributed by atoms with E-state index < -0.39 is 23.3 Å². The molecule has 168 valence electrons. The van der Waals surface area contributed by atoms with Gasteiger partial charge in [0.25, 0.3) is 11.8 Å². The second-order valence-corrected chi connectivity index (χ2v) is 7.42. The minimum atomic E-state index is -0.687. The fraction of sp³-hybridized carbons (Fsp3) is 0.318. The van der Waals surface area contributed by atoms with Crippen LogP contribution in [0, 0.1) is 16.0 Å². The standard InChI is InChI=1S/C22H24N4O6/c27-20(14-32-19-9-5-4-8-18(19)26(30)31)24-25-22(29)16-10-12-17(13-11-16)23-21(28)15-6-2-1-3-7-15/h4-5,8-13,15H,1-3,6-7,14H2,(H,23,28)(H,24,27)(H,25,29). The number of benzene rings is 2. The molecule has 0 bridgehead atoms. The smallest absolute Gasteiger partial charge is 0.310 e. The Morgan fingerprint density at radius 1 is 0.969 bits per heavy atom. The number of nitro benzene ring substituents is 1. The Bertz CT molecular complexity index is 986. The maximum atomic E-state index is 12.3. The summed E-state index contributed by atoms with van der Waals surface area (Å²) in [5.74, 6) is -1.28. The van der Waals surface area contributed by atoms with Crippen LogP contribution in [0.15, 0.2) is 48.5 Å². The Balaban J connectivity index is 1.45. The lowest BCUT2D eigenvalue weighted by Gasteiger charge is -2.20. The van der Waals surface area contributed by atoms with Gasteiger partial charge in [0.05, 0.1) is 4.92 Å². The lowest BCUT2D eigenvalue weighted by Crippen LogP contribution is -2.43. The molecular formula is C22H24N4O6. The van der Waals surface area contributed by atoms with Crippen LogP contribution in [-0.4, -0.2) is 29.3 Å². The zero-order chi connectivity index (χ0) is 22.9. The average Bonchev–Trinajstić information content (AvgIpc) is 2.82. The summed E-state index contributed by atoms with van der Waals surface area (Å²) in [6.45, 7) is -0.517. The topological polar surface area (TPSA) is 140 Å². The van der Waals surface area contributed by atoms with E-state index in [1.54, 1.807) is 18.2 Å². The molecule has 3 N–H and O–H groups in total. The predicted molar refractivity (Wildman–Crippen MR) is 116 cm³/mol. The molecule has 3 rings (SSSR count). The zero-order valence-corrected chi connectivity index (χ0v) is 17.3. The normalized spacial score (nSPS) is 13.6. The number of hydrazine groups is 1. The fourth-order valence-electron chi connectivity index (χ4n) is 3.42. The maximum absolute atomic E-state index is 12.3. The first-order chi connectivity index (χ1) is 15.4. The molecule has 0 aliphatic heterocycles. The molecule has 1 fully saturated rings. The summed E-state index contributed by atoms with van der Waals surface area (Å²) in [4.78, 5) is 46.7. The van der Waals surface area contributed by atoms with Crippen LogP contribution in [0.25, 0.3) is 0 Å². The van der Waals surface area contributed by atoms with Crippen LogP contribution < -0.4 is 20.9 Å². The van der Waals surface area contributed by atoms with Gasteiger partial charge in [-0.25, -0.2) is 0 Å². The molecule has 2 aromatic rings. The lowest BCUT2D eigenvalue weighted by atomic mass is 9.88. The van der Waals surface area contributed by atoms with Crippen LogP contribution in [0.2, 0.25) is 0 Å². The Labute approximate surface area is 184 Å². The van der Waals surface area contributed by atoms with E-state index >= 15 is 0 Å². The third kappa shape index (κ3) is 6.27. The number of hydrogen-bond donors (Lipinski definition) is 3. The van der Waals surface area contributed by atoms with Crippen molar-refractivity contribution in [2.75, 3.05) is 11.9 Å². The summed E-state index contributed by atoms with van der Waals surface area (Å²) < 4.78 is 5.16. The summed E-state index contributed by atoms with van der Waals surface area (Å²) in [5.41, 5.74) is 5.04. The number of hydrogen-bond acceptors (Lipinski definition) is 6. The third-order valence-electron chi connectivity index (χ3n) is 5.13. The highest BCUT2D eigenvalue weighted by Gasteiger charge is 2.21. The van der Waals surface area contributed by atoms with E-state index in [9.17, 15) is 24.5 Å². The van der Waals surface area contributed by atoms with E-state index in [-0.39, 0.29) is 28.8 Å². The van der Waals surface area contributed by atoms with E-state index in [2.05, 4.69) is 16.2 Å². The number of nitrogens with zero attached hydrogens (tertiary/aromatic N) is 1. The highest BCUT2D eigenvalue weighted by Crippen LogP contribution is 2.26. The SMILES string of the molecule is O=C(COc1ccccc1[N+](=O)[O-])NNC(=O)c1ccc(NC(=O)C2CCCCC2)cc1. The van der Waals surface area contributed by atoms with Gasteiger partial charge < -0.3 is 10.1 Å². The molecule has 3 amide bonds. The third-order valence-corrected chi connectivity index (χ3v) is 5.13. The molecule has 1 saturated carbocycles. The van der Waals surface area contributed by atoms with Gasteiger partial charge in [-0.2, -0.15) is 0 Å². The molecule has 32 heavy (non-hydrogen) atoms. The molecule has 0 saturated heterocycles. The monoisotopic (exact) mass is 440 g/mol. The van der Waals surface area contributed by atoms with Crippen LogP contribution in [0.3, 0.4) is 0 Å². The predicted octanol–water partition coefficient (Wildman–Crippen LogP) is 2.95. The molecule has 0 unspecified atom stereocenters. The highest BCUT2D eigenvalue weighted by atomic mass is 16.6. The highest BCUT2D eigenvalue weighted by molar-refractivity contribution is 5.97. The summed E-state index contributed by atoms with van der Waals surface area (Å²) >= 11 is 0. The Morgan fingerprint density at radius 3 is 2.34 bits per heavy atom. The van der Waals surface area contributed by atoms with Crippen molar-refractivity contribution >= 4 is 29.1 Å². The first kappa shape index (κ1) is 22.7. The van der Waals surface area contributed by atoms with Gasteiger partial charge in [0.1, 0.15) is 0 Å². The molecule has 2 aromatic carbocycles. The fourth-order valence-corrected chi connectivity index (χ4v) is 3.42. The molecule has 10 heteroatoms. The molecule has 1 aliphatic rings. The van der Waals surface area contributed by atoms with Crippen molar-refractivity contribution in [2.24, 2.45) is 5.92 Å². The largest absolute Gasteiger partial charge is 0.477 e. The number of nitro groups is 1. The van der Waals surface area contributed by atoms with E-state index in [0.29, 0.717) is 5.69 Å². The average molecular weight is 440 g/mol. The number of rotatable bonds is 7. The lowest BCUT2D eigenvalue weighted by molar-refractivity contribution is -0.385. The summed E-state index contributed by atoms with van der Waals surface area (Å²) in [7, 11) is 0. The summed E-state index contributed by atoms with van der Waals surface area (Å²) in [6.07, 6.45) is 5.09. The van der Waals surface area contributed by atoms with Gasteiger partial charge in [0.15, 0.2) is 12.4 Å². The quantitative estimate of drug-likeness (QED) is 0.447. The number of carbonyl (C=O) groups is 3. The van der Waals surface area contributed by atoms with Crippen LogP contribution in [0.1, 0.15) is 42.5 Å². The molecule has 0 radical (unpaired) electrons. The molecule has 0 atom stereocenters. The van der Waals surface area contributed by atoms with Crippen LogP contribution in [0.5, 0.6) is 5.75 Å². The number of carbonyl (C=O) groups excluding carboxylic acids is 3. The minimum absolute atomic E-state index is 0.00665. The molecular weight excluding hydrogens is 416 g/mol. The molecule has 0 heterocycles. The van der Waals surface area contributed by atoms with Gasteiger partial charge in [-0.3, -0.25) is 35.3 Å². The second-order valence-electron chi connectivity index (χ2n) is 7.42. The Morgan fingerprint density at radius 2 is 1.66 bits per heavy atom. The van der Waals surface area contributed by atoms with Crippen molar-refractivity contribution in [2.45, 2.75) is 32.1 Å². The van der Waals surface area contributed by atoms with E-state index in [0.717, 1.165) is 25.7 Å². The molecule has 1 aliphatic carbocycles. The first-order valence-electron chi connectivity index (χ1n) is 10.3. The van der Waals surface area contributed by atoms with Crippen molar-refractivity contribution in [3.63, 3.8) is 0 Å². The van der Waals surface area contributed by atoms with Crippen molar-refractivity contribution < 1.29 is 24.0 Å². The Hall–Kier alpha value is -3.95. The van der Waals surface area contributed by atoms with Gasteiger partial charge >= 0.3 is 5.69 Å². The van der Waals surface area contributed by atoms with E-state index in [1.807, 2.05) is 0 Å². The number of para-hydroxylation sites is 2. The van der Waals surface area contributed by atoms with Crippen molar-refractivity contribution in [3.8, 4) is 5.75 Å². The van der Waals surface area contributed by atoms with Gasteiger partial charge in [0.2, 0.25) is 5.91 Å². The molecule has 0 aromatic heterocycles. The molecule has 0 spiro atoms. The number of nitrogens with one attached hydrogen (secondary N) is 3. The summed E-state index contributed by atoms with van der Waals surface area (Å²) in [6, 6.07) is 12.0. The number of anilines is 1. The van der Waals surface area contributed by atoms with Gasteiger partial charge in [-0.1, -0.05) is 31.4 Å². The maximum Gasteiger partial charge on any atom is 0.310 e. The van der Waals surface area contributed by atoms with E-state index in [1.165, 1.54) is 36.8 Å². The van der Waals surface area contributed by atoms with Gasteiger partial charge in [-0.05, 0) is 43.2 Å². The van der Waals surface area contributed by atoms with Crippen molar-refractivity contribution in [3.05, 3.63) is 64.2 Å². The van der Waals surface area contributed by atoms with Crippen molar-refractivity contribution in [1.29, 1.82) is 0 Å². The van der Waals surface area contributed by atoms with Gasteiger partial charge in [-0.15, -0.1) is 0 Å². The van der Waals surface area contributed by atoms with Crippen LogP contribution in [-0.2, 0) is 9.59 Å². The molecule has 10 nitrogen and oxygen atoms in total. The first-order valence-corrected chi connectivity index (χ1v) is 10.3. The van der Waals surface area contributed by atoms with Crippen LogP contribution >= 0.6 is 0 Å². The second kappa shape index (κ2) is 10.9. The zero-order valence-electron chi connectivity index (χ0n) is 17.3. The minimum Gasteiger partial charge on any atom is -0.477 e. The van der Waals surface area contributed by atoms with E-state index in [4.69, 9.17) is 4.74 Å². The van der Waals surface area contributed by atoms with Crippen molar-refractivity contribution in [1.82, 2.24) is 10.9 Å². The number of amides is 3. The van der Waals surface area contributed by atoms with Crippen LogP contribution in [0.4, 0.5) is 11.4 Å². The van der Waals surface area contributed by atoms with Gasteiger partial charge in [0, 0.05) is 23.2 Å². The number of ether oxygens (including phenoxy) is 1. The Kier molecular flexibility index (Phi) is 7.74.